The number of pyridine rings is 1. The monoisotopic (exact) mass is 221 g/mol. The van der Waals surface area contributed by atoms with Gasteiger partial charge >= 0.3 is 6.09 Å². The standard InChI is InChI=1S/C11H15N3O2/c1-9-2-3-13-10(8-9)16-11(15)14-6-4-12-5-7-14/h2-3,8,12H,4-7H2,1H3. The van der Waals surface area contributed by atoms with E-state index in [0.29, 0.717) is 19.0 Å². The zero-order chi connectivity index (χ0) is 11.4. The summed E-state index contributed by atoms with van der Waals surface area (Å²) in [6.07, 6.45) is 1.31. The van der Waals surface area contributed by atoms with Crippen LogP contribution in [0, 0.1) is 6.92 Å². The molecule has 2 heterocycles. The molecular weight excluding hydrogens is 206 g/mol. The number of hydrogen-bond donors (Lipinski definition) is 1. The van der Waals surface area contributed by atoms with Gasteiger partial charge in [0.15, 0.2) is 0 Å². The van der Waals surface area contributed by atoms with Gasteiger partial charge in [-0.15, -0.1) is 0 Å². The van der Waals surface area contributed by atoms with Crippen LogP contribution >= 0.6 is 0 Å². The van der Waals surface area contributed by atoms with Gasteiger partial charge in [0.2, 0.25) is 5.88 Å². The van der Waals surface area contributed by atoms with Crippen molar-refractivity contribution in [1.29, 1.82) is 0 Å². The van der Waals surface area contributed by atoms with Crippen molar-refractivity contribution in [2.45, 2.75) is 6.92 Å². The van der Waals surface area contributed by atoms with Crippen LogP contribution in [0.1, 0.15) is 5.56 Å². The van der Waals surface area contributed by atoms with Crippen LogP contribution in [0.3, 0.4) is 0 Å². The van der Waals surface area contributed by atoms with Gasteiger partial charge in [-0.05, 0) is 18.6 Å². The van der Waals surface area contributed by atoms with E-state index in [9.17, 15) is 4.79 Å². The van der Waals surface area contributed by atoms with Crippen molar-refractivity contribution in [3.63, 3.8) is 0 Å². The number of carbonyl (C=O) groups excluding carboxylic acids is 1. The van der Waals surface area contributed by atoms with Gasteiger partial charge in [0.05, 0.1) is 0 Å². The first kappa shape index (κ1) is 10.9. The van der Waals surface area contributed by atoms with Crippen molar-refractivity contribution in [1.82, 2.24) is 15.2 Å². The number of aromatic nitrogens is 1. The summed E-state index contributed by atoms with van der Waals surface area (Å²) in [6.45, 7) is 4.94. The zero-order valence-corrected chi connectivity index (χ0v) is 9.27. The summed E-state index contributed by atoms with van der Waals surface area (Å²) in [4.78, 5) is 17.4. The van der Waals surface area contributed by atoms with E-state index in [4.69, 9.17) is 4.74 Å². The van der Waals surface area contributed by atoms with Crippen LogP contribution in [0.5, 0.6) is 5.88 Å². The second-order valence-corrected chi connectivity index (χ2v) is 3.78. The molecule has 0 aromatic carbocycles. The van der Waals surface area contributed by atoms with Crippen molar-refractivity contribution in [3.05, 3.63) is 23.9 Å². The second-order valence-electron chi connectivity index (χ2n) is 3.78. The Morgan fingerprint density at radius 3 is 2.94 bits per heavy atom. The molecule has 1 aromatic rings. The molecule has 1 aromatic heterocycles. The fraction of sp³-hybridized carbons (Fsp3) is 0.455. The Morgan fingerprint density at radius 2 is 2.25 bits per heavy atom. The molecule has 1 aliphatic rings. The average Bonchev–Trinajstić information content (AvgIpc) is 2.30. The molecule has 0 atom stereocenters. The number of amides is 1. The van der Waals surface area contributed by atoms with Crippen LogP contribution in [-0.4, -0.2) is 42.2 Å². The van der Waals surface area contributed by atoms with E-state index in [1.165, 1.54) is 0 Å². The molecule has 1 amide bonds. The van der Waals surface area contributed by atoms with Crippen LogP contribution in [0.2, 0.25) is 0 Å². The van der Waals surface area contributed by atoms with Gasteiger partial charge in [-0.25, -0.2) is 9.78 Å². The molecule has 1 N–H and O–H groups in total. The van der Waals surface area contributed by atoms with E-state index in [2.05, 4.69) is 10.3 Å². The SMILES string of the molecule is Cc1ccnc(OC(=O)N2CCNCC2)c1. The Kier molecular flexibility index (Phi) is 3.36. The maximum absolute atomic E-state index is 11.7. The largest absolute Gasteiger partial charge is 0.416 e. The number of hydrogen-bond acceptors (Lipinski definition) is 4. The summed E-state index contributed by atoms with van der Waals surface area (Å²) in [5.41, 5.74) is 1.03. The number of carbonyl (C=O) groups is 1. The third kappa shape index (κ3) is 2.70. The average molecular weight is 221 g/mol. The van der Waals surface area contributed by atoms with Gasteiger partial charge in [-0.1, -0.05) is 0 Å². The van der Waals surface area contributed by atoms with Crippen LogP contribution in [0.25, 0.3) is 0 Å². The van der Waals surface area contributed by atoms with E-state index in [1.54, 1.807) is 17.2 Å². The highest BCUT2D eigenvalue weighted by Gasteiger charge is 2.18. The topological polar surface area (TPSA) is 54.5 Å². The van der Waals surface area contributed by atoms with Crippen LogP contribution in [-0.2, 0) is 0 Å². The highest BCUT2D eigenvalue weighted by molar-refractivity contribution is 5.70. The number of piperazine rings is 1. The van der Waals surface area contributed by atoms with E-state index >= 15 is 0 Å². The molecular formula is C11H15N3O2. The summed E-state index contributed by atoms with van der Waals surface area (Å²) in [6, 6.07) is 3.61. The van der Waals surface area contributed by atoms with E-state index in [1.807, 2.05) is 13.0 Å². The molecule has 0 bridgehead atoms. The molecule has 5 heteroatoms. The van der Waals surface area contributed by atoms with Gasteiger partial charge < -0.3 is 15.0 Å². The number of ether oxygens (including phenoxy) is 1. The quantitative estimate of drug-likeness (QED) is 0.762. The molecule has 0 spiro atoms. The number of rotatable bonds is 1. The second kappa shape index (κ2) is 4.94. The summed E-state index contributed by atoms with van der Waals surface area (Å²) in [5, 5.41) is 3.18. The predicted molar refractivity (Wildman–Crippen MR) is 59.4 cm³/mol. The third-order valence-electron chi connectivity index (χ3n) is 2.46. The van der Waals surface area contributed by atoms with Crippen molar-refractivity contribution in [2.75, 3.05) is 26.2 Å². The third-order valence-corrected chi connectivity index (χ3v) is 2.46. The Morgan fingerprint density at radius 1 is 1.50 bits per heavy atom. The molecule has 0 unspecified atom stereocenters. The smallest absolute Gasteiger partial charge is 0.391 e. The number of aryl methyl sites for hydroxylation is 1. The Balaban J connectivity index is 1.96. The first-order valence-electron chi connectivity index (χ1n) is 5.36. The molecule has 1 fully saturated rings. The lowest BCUT2D eigenvalue weighted by Crippen LogP contribution is -2.47. The maximum Gasteiger partial charge on any atom is 0.416 e. The van der Waals surface area contributed by atoms with Crippen molar-refractivity contribution >= 4 is 6.09 Å². The highest BCUT2D eigenvalue weighted by Crippen LogP contribution is 2.09. The van der Waals surface area contributed by atoms with Crippen molar-refractivity contribution in [2.24, 2.45) is 0 Å². The normalized spacial score (nSPS) is 15.9. The molecule has 86 valence electrons. The maximum atomic E-state index is 11.7. The van der Waals surface area contributed by atoms with Gasteiger partial charge in [0.25, 0.3) is 0 Å². The Labute approximate surface area is 94.4 Å². The minimum absolute atomic E-state index is 0.320. The molecule has 2 rings (SSSR count). The van der Waals surface area contributed by atoms with Crippen LogP contribution in [0.4, 0.5) is 4.79 Å². The first-order chi connectivity index (χ1) is 7.75. The minimum Gasteiger partial charge on any atom is -0.391 e. The fourth-order valence-corrected chi connectivity index (χ4v) is 1.57. The molecule has 16 heavy (non-hydrogen) atoms. The summed E-state index contributed by atoms with van der Waals surface area (Å²) in [7, 11) is 0. The summed E-state index contributed by atoms with van der Waals surface area (Å²) in [5.74, 6) is 0.364. The molecule has 1 aliphatic heterocycles. The van der Waals surface area contributed by atoms with Gasteiger partial charge in [-0.2, -0.15) is 0 Å². The van der Waals surface area contributed by atoms with Crippen molar-refractivity contribution in [3.8, 4) is 5.88 Å². The zero-order valence-electron chi connectivity index (χ0n) is 9.27. The van der Waals surface area contributed by atoms with E-state index < -0.39 is 0 Å². The Bertz CT molecular complexity index is 375. The Hall–Kier alpha value is -1.62. The van der Waals surface area contributed by atoms with Gasteiger partial charge in [0, 0.05) is 38.4 Å². The summed E-state index contributed by atoms with van der Waals surface area (Å²) < 4.78 is 5.18. The molecule has 0 aliphatic carbocycles. The molecule has 1 saturated heterocycles. The van der Waals surface area contributed by atoms with Gasteiger partial charge in [0.1, 0.15) is 0 Å². The van der Waals surface area contributed by atoms with Crippen LogP contribution < -0.4 is 10.1 Å². The molecule has 5 nitrogen and oxygen atoms in total. The molecule has 0 saturated carbocycles. The van der Waals surface area contributed by atoms with Crippen molar-refractivity contribution < 1.29 is 9.53 Å². The summed E-state index contributed by atoms with van der Waals surface area (Å²) >= 11 is 0. The predicted octanol–water partition coefficient (Wildman–Crippen LogP) is 0.794. The number of nitrogens with one attached hydrogen (secondary N) is 1. The lowest BCUT2D eigenvalue weighted by atomic mass is 10.3. The molecule has 0 radical (unpaired) electrons. The van der Waals surface area contributed by atoms with Gasteiger partial charge in [-0.3, -0.25) is 0 Å². The highest BCUT2D eigenvalue weighted by atomic mass is 16.6. The lowest BCUT2D eigenvalue weighted by Gasteiger charge is -2.26. The number of nitrogens with zero attached hydrogens (tertiary/aromatic N) is 2. The minimum atomic E-state index is -0.320. The van der Waals surface area contributed by atoms with E-state index in [-0.39, 0.29) is 6.09 Å². The van der Waals surface area contributed by atoms with Crippen LogP contribution in [0.15, 0.2) is 18.3 Å². The van der Waals surface area contributed by atoms with E-state index in [0.717, 1.165) is 18.7 Å². The lowest BCUT2D eigenvalue weighted by molar-refractivity contribution is 0.144. The first-order valence-corrected chi connectivity index (χ1v) is 5.36. The fourth-order valence-electron chi connectivity index (χ4n) is 1.57.